The minimum atomic E-state index is -0.401. The average Bonchev–Trinajstić information content (AvgIpc) is 2.88. The van der Waals surface area contributed by atoms with Crippen molar-refractivity contribution in [3.05, 3.63) is 24.3 Å². The summed E-state index contributed by atoms with van der Waals surface area (Å²) in [5.74, 6) is 1.47. The van der Waals surface area contributed by atoms with Gasteiger partial charge in [-0.25, -0.2) is 0 Å². The molecule has 1 aromatic carbocycles. The number of benzene rings is 1. The molecule has 2 heterocycles. The highest BCUT2D eigenvalue weighted by molar-refractivity contribution is 5.77. The number of nitrogens with zero attached hydrogens (tertiary/aromatic N) is 1. The lowest BCUT2D eigenvalue weighted by atomic mass is 9.90. The summed E-state index contributed by atoms with van der Waals surface area (Å²) in [7, 11) is 1.45. The van der Waals surface area contributed by atoms with Gasteiger partial charge in [-0.2, -0.15) is 0 Å². The van der Waals surface area contributed by atoms with E-state index in [1.165, 1.54) is 7.11 Å². The Bertz CT molecular complexity index is 533. The van der Waals surface area contributed by atoms with E-state index in [1.807, 2.05) is 31.2 Å². The van der Waals surface area contributed by atoms with Gasteiger partial charge in [-0.1, -0.05) is 12.1 Å². The molecule has 3 rings (SSSR count). The van der Waals surface area contributed by atoms with E-state index in [1.54, 1.807) is 0 Å². The molecule has 21 heavy (non-hydrogen) atoms. The van der Waals surface area contributed by atoms with Crippen molar-refractivity contribution in [1.29, 1.82) is 0 Å². The molecular formula is C16H21NO4. The molecule has 0 bridgehead atoms. The highest BCUT2D eigenvalue weighted by atomic mass is 16.6. The highest BCUT2D eigenvalue weighted by Gasteiger charge is 2.42. The molecule has 5 heteroatoms. The number of ether oxygens (including phenoxy) is 3. The summed E-state index contributed by atoms with van der Waals surface area (Å²) in [6.45, 7) is 4.87. The summed E-state index contributed by atoms with van der Waals surface area (Å²) in [6.07, 6.45) is 0.823. The number of likely N-dealkylation sites (tertiary alicyclic amines) is 1. The molecule has 0 aliphatic carbocycles. The fourth-order valence-corrected chi connectivity index (χ4v) is 3.07. The highest BCUT2D eigenvalue weighted by Crippen LogP contribution is 2.34. The van der Waals surface area contributed by atoms with Crippen LogP contribution in [0, 0.1) is 5.41 Å². The molecule has 0 saturated carbocycles. The van der Waals surface area contributed by atoms with E-state index in [2.05, 4.69) is 4.90 Å². The summed E-state index contributed by atoms with van der Waals surface area (Å²) in [5.41, 5.74) is -0.401. The van der Waals surface area contributed by atoms with Crippen molar-refractivity contribution in [2.75, 3.05) is 33.4 Å². The number of rotatable bonds is 3. The van der Waals surface area contributed by atoms with E-state index < -0.39 is 5.41 Å². The van der Waals surface area contributed by atoms with Gasteiger partial charge in [0.25, 0.3) is 0 Å². The maximum absolute atomic E-state index is 11.8. The van der Waals surface area contributed by atoms with Gasteiger partial charge in [0.2, 0.25) is 0 Å². The number of hydrogen-bond donors (Lipinski definition) is 0. The molecule has 2 unspecified atom stereocenters. The van der Waals surface area contributed by atoms with Gasteiger partial charge in [0, 0.05) is 13.1 Å². The predicted molar refractivity (Wildman–Crippen MR) is 77.5 cm³/mol. The number of esters is 1. The van der Waals surface area contributed by atoms with Crippen LogP contribution in [0.4, 0.5) is 0 Å². The second kappa shape index (κ2) is 5.56. The van der Waals surface area contributed by atoms with Gasteiger partial charge in [-0.3, -0.25) is 9.69 Å². The smallest absolute Gasteiger partial charge is 0.312 e. The Balaban J connectivity index is 1.58. The first-order valence-electron chi connectivity index (χ1n) is 7.30. The molecule has 1 aromatic rings. The average molecular weight is 291 g/mol. The zero-order chi connectivity index (χ0) is 14.9. The van der Waals surface area contributed by atoms with Crippen molar-refractivity contribution in [2.24, 2.45) is 5.41 Å². The standard InChI is InChI=1S/C16H21NO4/c1-16(15(18)19-2)7-8-17(11-16)9-12-10-20-13-5-3-4-6-14(13)21-12/h3-6,12H,7-11H2,1-2H3. The zero-order valence-electron chi connectivity index (χ0n) is 12.5. The van der Waals surface area contributed by atoms with Gasteiger partial charge < -0.3 is 14.2 Å². The Kier molecular flexibility index (Phi) is 3.76. The third kappa shape index (κ3) is 2.83. The first-order valence-corrected chi connectivity index (χ1v) is 7.30. The van der Waals surface area contributed by atoms with Gasteiger partial charge in [-0.05, 0) is 32.0 Å². The van der Waals surface area contributed by atoms with Crippen molar-refractivity contribution in [3.63, 3.8) is 0 Å². The summed E-state index contributed by atoms with van der Waals surface area (Å²) in [5, 5.41) is 0. The lowest BCUT2D eigenvalue weighted by Gasteiger charge is -2.30. The molecule has 1 saturated heterocycles. The number of carbonyl (C=O) groups is 1. The van der Waals surface area contributed by atoms with Gasteiger partial charge in [0.15, 0.2) is 11.5 Å². The van der Waals surface area contributed by atoms with Crippen LogP contribution in [-0.2, 0) is 9.53 Å². The van der Waals surface area contributed by atoms with E-state index in [-0.39, 0.29) is 12.1 Å². The van der Waals surface area contributed by atoms with Crippen LogP contribution in [0.25, 0.3) is 0 Å². The van der Waals surface area contributed by atoms with Crippen molar-refractivity contribution >= 4 is 5.97 Å². The number of hydrogen-bond acceptors (Lipinski definition) is 5. The number of para-hydroxylation sites is 2. The number of methoxy groups -OCH3 is 1. The summed E-state index contributed by atoms with van der Waals surface area (Å²) in [4.78, 5) is 14.1. The van der Waals surface area contributed by atoms with Crippen LogP contribution < -0.4 is 9.47 Å². The van der Waals surface area contributed by atoms with Gasteiger partial charge >= 0.3 is 5.97 Å². The lowest BCUT2D eigenvalue weighted by molar-refractivity contribution is -0.151. The van der Waals surface area contributed by atoms with Crippen LogP contribution in [0.1, 0.15) is 13.3 Å². The second-order valence-electron chi connectivity index (χ2n) is 6.03. The van der Waals surface area contributed by atoms with Crippen LogP contribution in [0.2, 0.25) is 0 Å². The second-order valence-corrected chi connectivity index (χ2v) is 6.03. The Morgan fingerprint density at radius 2 is 2.19 bits per heavy atom. The fraction of sp³-hybridized carbons (Fsp3) is 0.562. The van der Waals surface area contributed by atoms with Crippen molar-refractivity contribution < 1.29 is 19.0 Å². The molecule has 2 aliphatic heterocycles. The number of carbonyl (C=O) groups excluding carboxylic acids is 1. The van der Waals surface area contributed by atoms with Gasteiger partial charge in [0.05, 0.1) is 12.5 Å². The van der Waals surface area contributed by atoms with Crippen LogP contribution in [-0.4, -0.2) is 50.3 Å². The SMILES string of the molecule is COC(=O)C1(C)CCN(CC2COc3ccccc3O2)C1. The summed E-state index contributed by atoms with van der Waals surface area (Å²) >= 11 is 0. The van der Waals surface area contributed by atoms with Crippen LogP contribution in [0.15, 0.2) is 24.3 Å². The Morgan fingerprint density at radius 1 is 1.43 bits per heavy atom. The molecule has 5 nitrogen and oxygen atoms in total. The van der Waals surface area contributed by atoms with Gasteiger partial charge in [0.1, 0.15) is 12.7 Å². The maximum Gasteiger partial charge on any atom is 0.312 e. The third-order valence-corrected chi connectivity index (χ3v) is 4.26. The molecule has 0 spiro atoms. The Hall–Kier alpha value is -1.75. The first-order chi connectivity index (χ1) is 10.1. The van der Waals surface area contributed by atoms with Crippen LogP contribution >= 0.6 is 0 Å². The van der Waals surface area contributed by atoms with E-state index >= 15 is 0 Å². The zero-order valence-corrected chi connectivity index (χ0v) is 12.5. The maximum atomic E-state index is 11.8. The minimum Gasteiger partial charge on any atom is -0.486 e. The molecule has 114 valence electrons. The quantitative estimate of drug-likeness (QED) is 0.794. The lowest BCUT2D eigenvalue weighted by Crippen LogP contribution is -2.41. The van der Waals surface area contributed by atoms with Crippen LogP contribution in [0.5, 0.6) is 11.5 Å². The Morgan fingerprint density at radius 3 is 2.95 bits per heavy atom. The normalized spacial score (nSPS) is 28.4. The Labute approximate surface area is 124 Å². The van der Waals surface area contributed by atoms with E-state index in [0.29, 0.717) is 13.2 Å². The molecule has 0 aromatic heterocycles. The summed E-state index contributed by atoms with van der Waals surface area (Å²) in [6, 6.07) is 7.71. The topological polar surface area (TPSA) is 48.0 Å². The van der Waals surface area contributed by atoms with E-state index in [4.69, 9.17) is 14.2 Å². The fourth-order valence-electron chi connectivity index (χ4n) is 3.07. The molecule has 2 aliphatic rings. The molecule has 2 atom stereocenters. The molecular weight excluding hydrogens is 270 g/mol. The van der Waals surface area contributed by atoms with E-state index in [9.17, 15) is 4.79 Å². The molecule has 0 N–H and O–H groups in total. The van der Waals surface area contributed by atoms with Crippen molar-refractivity contribution in [2.45, 2.75) is 19.4 Å². The molecule has 0 amide bonds. The minimum absolute atomic E-state index is 0.0000954. The molecule has 0 radical (unpaired) electrons. The number of fused-ring (bicyclic) bond motifs is 1. The first kappa shape index (κ1) is 14.2. The largest absolute Gasteiger partial charge is 0.486 e. The van der Waals surface area contributed by atoms with Crippen LogP contribution in [0.3, 0.4) is 0 Å². The van der Waals surface area contributed by atoms with Gasteiger partial charge in [-0.15, -0.1) is 0 Å². The summed E-state index contributed by atoms with van der Waals surface area (Å²) < 4.78 is 16.6. The van der Waals surface area contributed by atoms with Crippen molar-refractivity contribution in [1.82, 2.24) is 4.90 Å². The third-order valence-electron chi connectivity index (χ3n) is 4.26. The monoisotopic (exact) mass is 291 g/mol. The molecule has 1 fully saturated rings. The van der Waals surface area contributed by atoms with E-state index in [0.717, 1.165) is 31.0 Å². The predicted octanol–water partition coefficient (Wildman–Crippen LogP) is 1.71. The van der Waals surface area contributed by atoms with Crippen molar-refractivity contribution in [3.8, 4) is 11.5 Å².